The first-order valence-corrected chi connectivity index (χ1v) is 12.3. The van der Waals surface area contributed by atoms with Crippen LogP contribution in [-0.4, -0.2) is 29.7 Å². The molecule has 0 atom stereocenters. The highest BCUT2D eigenvalue weighted by atomic mass is 19.4. The van der Waals surface area contributed by atoms with Gasteiger partial charge in [0, 0.05) is 11.3 Å². The number of hydrogen-bond donors (Lipinski definition) is 2. The second-order valence-corrected chi connectivity index (χ2v) is 8.89. The van der Waals surface area contributed by atoms with E-state index < -0.39 is 11.7 Å². The van der Waals surface area contributed by atoms with Crippen molar-refractivity contribution in [3.8, 4) is 11.5 Å². The molecule has 0 fully saturated rings. The molecule has 0 unspecified atom stereocenters. The van der Waals surface area contributed by atoms with Gasteiger partial charge >= 0.3 is 6.18 Å². The van der Waals surface area contributed by atoms with E-state index in [0.29, 0.717) is 45.4 Å². The van der Waals surface area contributed by atoms with Gasteiger partial charge in [-0.15, -0.1) is 0 Å². The SMILES string of the molecule is COc1ccc(Nc2nc3cc(C(=O)Nc4ccccc4OC)ccc3n2Cc2ccccc2C(F)(F)F)cc1. The lowest BCUT2D eigenvalue weighted by Gasteiger charge is -2.16. The van der Waals surface area contributed by atoms with Crippen LogP contribution in [0.25, 0.3) is 11.0 Å². The van der Waals surface area contributed by atoms with Crippen LogP contribution in [0.5, 0.6) is 11.5 Å². The monoisotopic (exact) mass is 546 g/mol. The predicted octanol–water partition coefficient (Wildman–Crippen LogP) is 7.12. The van der Waals surface area contributed by atoms with Crippen molar-refractivity contribution < 1.29 is 27.4 Å². The molecule has 4 aromatic carbocycles. The lowest BCUT2D eigenvalue weighted by molar-refractivity contribution is -0.138. The first-order valence-electron chi connectivity index (χ1n) is 12.3. The maximum atomic E-state index is 13.8. The van der Waals surface area contributed by atoms with Crippen molar-refractivity contribution in [3.63, 3.8) is 0 Å². The number of nitrogens with one attached hydrogen (secondary N) is 2. The Labute approximate surface area is 228 Å². The van der Waals surface area contributed by atoms with E-state index in [4.69, 9.17) is 9.47 Å². The summed E-state index contributed by atoms with van der Waals surface area (Å²) in [5.41, 5.74) is 1.86. The number of nitrogens with zero attached hydrogens (tertiary/aromatic N) is 2. The molecule has 0 spiro atoms. The van der Waals surface area contributed by atoms with Crippen molar-refractivity contribution in [3.05, 3.63) is 108 Å². The van der Waals surface area contributed by atoms with Crippen molar-refractivity contribution in [2.75, 3.05) is 24.9 Å². The third-order valence-electron chi connectivity index (χ3n) is 6.36. The van der Waals surface area contributed by atoms with Crippen molar-refractivity contribution in [1.82, 2.24) is 9.55 Å². The van der Waals surface area contributed by atoms with Crippen LogP contribution in [0.15, 0.2) is 91.0 Å². The van der Waals surface area contributed by atoms with Crippen LogP contribution in [0, 0.1) is 0 Å². The van der Waals surface area contributed by atoms with Crippen molar-refractivity contribution in [2.24, 2.45) is 0 Å². The number of ether oxygens (including phenoxy) is 2. The molecular weight excluding hydrogens is 521 g/mol. The van der Waals surface area contributed by atoms with Crippen LogP contribution in [0.4, 0.5) is 30.5 Å². The lowest BCUT2D eigenvalue weighted by Crippen LogP contribution is -2.13. The quantitative estimate of drug-likeness (QED) is 0.217. The van der Waals surface area contributed by atoms with E-state index in [2.05, 4.69) is 15.6 Å². The molecule has 1 heterocycles. The molecule has 7 nitrogen and oxygen atoms in total. The zero-order valence-electron chi connectivity index (χ0n) is 21.6. The first kappa shape index (κ1) is 26.6. The van der Waals surface area contributed by atoms with E-state index in [0.717, 1.165) is 6.07 Å². The number of aromatic nitrogens is 2. The lowest BCUT2D eigenvalue weighted by atomic mass is 10.1. The number of halogens is 3. The molecular formula is C30H25F3N4O3. The topological polar surface area (TPSA) is 77.4 Å². The Morgan fingerprint density at radius 1 is 0.900 bits per heavy atom. The number of fused-ring (bicyclic) bond motifs is 1. The van der Waals surface area contributed by atoms with E-state index in [1.54, 1.807) is 84.5 Å². The highest BCUT2D eigenvalue weighted by Crippen LogP contribution is 2.34. The molecule has 5 aromatic rings. The number of imidazole rings is 1. The summed E-state index contributed by atoms with van der Waals surface area (Å²) in [6, 6.07) is 24.4. The van der Waals surface area contributed by atoms with Gasteiger partial charge in [-0.3, -0.25) is 4.79 Å². The minimum Gasteiger partial charge on any atom is -0.497 e. The zero-order valence-corrected chi connectivity index (χ0v) is 21.6. The number of hydrogen-bond acceptors (Lipinski definition) is 5. The van der Waals surface area contributed by atoms with Gasteiger partial charge in [0.05, 0.1) is 43.0 Å². The maximum absolute atomic E-state index is 13.8. The highest BCUT2D eigenvalue weighted by molar-refractivity contribution is 6.06. The molecule has 10 heteroatoms. The number of alkyl halides is 3. The number of para-hydroxylation sites is 2. The molecule has 1 amide bonds. The molecule has 0 aliphatic rings. The van der Waals surface area contributed by atoms with Crippen LogP contribution in [0.2, 0.25) is 0 Å². The fourth-order valence-corrected chi connectivity index (χ4v) is 4.38. The van der Waals surface area contributed by atoms with Gasteiger partial charge in [-0.1, -0.05) is 30.3 Å². The number of methoxy groups -OCH3 is 2. The molecule has 0 radical (unpaired) electrons. The second-order valence-electron chi connectivity index (χ2n) is 8.89. The van der Waals surface area contributed by atoms with Crippen LogP contribution in [-0.2, 0) is 12.7 Å². The van der Waals surface area contributed by atoms with E-state index >= 15 is 0 Å². The van der Waals surface area contributed by atoms with Gasteiger partial charge < -0.3 is 24.7 Å². The minimum absolute atomic E-state index is 0.0880. The van der Waals surface area contributed by atoms with E-state index in [-0.39, 0.29) is 18.0 Å². The molecule has 0 bridgehead atoms. The summed E-state index contributed by atoms with van der Waals surface area (Å²) in [5.74, 6) is 1.10. The number of carbonyl (C=O) groups excluding carboxylic acids is 1. The molecule has 40 heavy (non-hydrogen) atoms. The Morgan fingerprint density at radius 2 is 1.62 bits per heavy atom. The van der Waals surface area contributed by atoms with Gasteiger partial charge in [0.1, 0.15) is 11.5 Å². The Bertz CT molecular complexity index is 1660. The van der Waals surface area contributed by atoms with Gasteiger partial charge in [0.25, 0.3) is 5.91 Å². The second kappa shape index (κ2) is 11.0. The van der Waals surface area contributed by atoms with Gasteiger partial charge in [-0.05, 0) is 66.2 Å². The number of amides is 1. The maximum Gasteiger partial charge on any atom is 0.416 e. The standard InChI is InChI=1S/C30H25F3N4O3/c1-39-22-14-12-21(13-15-22)34-29-36-25-17-19(28(38)35-24-9-5-6-10-27(24)40-2)11-16-26(25)37(29)18-20-7-3-4-8-23(20)30(31,32)33/h3-17H,18H2,1-2H3,(H,34,36)(H,35,38). The van der Waals surface area contributed by atoms with E-state index in [1.165, 1.54) is 19.2 Å². The normalized spacial score (nSPS) is 11.3. The third-order valence-corrected chi connectivity index (χ3v) is 6.36. The van der Waals surface area contributed by atoms with Gasteiger partial charge in [-0.2, -0.15) is 13.2 Å². The summed E-state index contributed by atoms with van der Waals surface area (Å²) < 4.78 is 53.5. The Hall–Kier alpha value is -4.99. The fourth-order valence-electron chi connectivity index (χ4n) is 4.38. The molecule has 5 rings (SSSR count). The predicted molar refractivity (Wildman–Crippen MR) is 148 cm³/mol. The van der Waals surface area contributed by atoms with Crippen molar-refractivity contribution >= 4 is 34.3 Å². The smallest absolute Gasteiger partial charge is 0.416 e. The molecule has 2 N–H and O–H groups in total. The summed E-state index contributed by atoms with van der Waals surface area (Å²) in [7, 11) is 3.07. The van der Waals surface area contributed by atoms with Crippen molar-refractivity contribution in [2.45, 2.75) is 12.7 Å². The summed E-state index contributed by atoms with van der Waals surface area (Å²) >= 11 is 0. The average Bonchev–Trinajstić information content (AvgIpc) is 3.29. The third kappa shape index (κ3) is 5.56. The van der Waals surface area contributed by atoms with Crippen LogP contribution >= 0.6 is 0 Å². The zero-order chi connectivity index (χ0) is 28.3. The molecule has 204 valence electrons. The minimum atomic E-state index is -4.51. The highest BCUT2D eigenvalue weighted by Gasteiger charge is 2.33. The summed E-state index contributed by atoms with van der Waals surface area (Å²) in [6.07, 6.45) is -4.51. The number of anilines is 3. The van der Waals surface area contributed by atoms with Crippen LogP contribution in [0.3, 0.4) is 0 Å². The fraction of sp³-hybridized carbons (Fsp3) is 0.133. The van der Waals surface area contributed by atoms with E-state index in [1.807, 2.05) is 0 Å². The summed E-state index contributed by atoms with van der Waals surface area (Å²) in [4.78, 5) is 17.7. The summed E-state index contributed by atoms with van der Waals surface area (Å²) in [5, 5.41) is 6.02. The number of rotatable bonds is 8. The van der Waals surface area contributed by atoms with Gasteiger partial charge in [-0.25, -0.2) is 4.98 Å². The Morgan fingerprint density at radius 3 is 2.35 bits per heavy atom. The van der Waals surface area contributed by atoms with Gasteiger partial charge in [0.2, 0.25) is 5.95 Å². The summed E-state index contributed by atoms with van der Waals surface area (Å²) in [6.45, 7) is -0.0998. The Balaban J connectivity index is 1.54. The molecule has 0 saturated carbocycles. The van der Waals surface area contributed by atoms with Crippen molar-refractivity contribution in [1.29, 1.82) is 0 Å². The number of carbonyl (C=O) groups is 1. The average molecular weight is 547 g/mol. The Kier molecular flexibility index (Phi) is 7.33. The number of benzene rings is 4. The van der Waals surface area contributed by atoms with Crippen LogP contribution < -0.4 is 20.1 Å². The first-order chi connectivity index (χ1) is 19.3. The van der Waals surface area contributed by atoms with Crippen LogP contribution in [0.1, 0.15) is 21.5 Å². The molecule has 0 saturated heterocycles. The van der Waals surface area contributed by atoms with E-state index in [9.17, 15) is 18.0 Å². The molecule has 0 aliphatic heterocycles. The van der Waals surface area contributed by atoms with Gasteiger partial charge in [0.15, 0.2) is 0 Å². The molecule has 1 aromatic heterocycles. The largest absolute Gasteiger partial charge is 0.497 e. The molecule has 0 aliphatic carbocycles.